The topological polar surface area (TPSA) is 75.4 Å². The van der Waals surface area contributed by atoms with Crippen LogP contribution >= 0.6 is 0 Å². The second kappa shape index (κ2) is 6.01. The van der Waals surface area contributed by atoms with E-state index in [1.54, 1.807) is 43.3 Å². The molecule has 0 radical (unpaired) electrons. The van der Waals surface area contributed by atoms with Crippen molar-refractivity contribution in [1.29, 1.82) is 0 Å². The Bertz CT molecular complexity index is 589. The highest BCUT2D eigenvalue weighted by atomic mass is 16.5. The molecule has 1 heterocycles. The molecule has 2 amide bonds. The van der Waals surface area contributed by atoms with Crippen LogP contribution in [0.25, 0.3) is 0 Å². The fourth-order valence-corrected chi connectivity index (χ4v) is 1.56. The van der Waals surface area contributed by atoms with E-state index in [-0.39, 0.29) is 17.6 Å². The average molecular weight is 273 g/mol. The van der Waals surface area contributed by atoms with Gasteiger partial charge in [-0.2, -0.15) is 0 Å². The molecule has 0 aliphatic rings. The summed E-state index contributed by atoms with van der Waals surface area (Å²) < 4.78 is 4.76. The highest BCUT2D eigenvalue weighted by Gasteiger charge is 2.10. The van der Waals surface area contributed by atoms with Crippen molar-refractivity contribution in [3.8, 4) is 0 Å². The van der Waals surface area contributed by atoms with Gasteiger partial charge < -0.3 is 14.7 Å². The van der Waals surface area contributed by atoms with Gasteiger partial charge in [0.05, 0.1) is 12.6 Å². The number of hydrogen-bond donors (Lipinski definition) is 1. The summed E-state index contributed by atoms with van der Waals surface area (Å²) in [6.07, 6.45) is 1.74. The predicted octanol–water partition coefficient (Wildman–Crippen LogP) is 1.56. The summed E-state index contributed by atoms with van der Waals surface area (Å²) >= 11 is 0. The molecule has 0 aliphatic heterocycles. The van der Waals surface area contributed by atoms with E-state index in [4.69, 9.17) is 4.52 Å². The number of rotatable bonds is 4. The highest BCUT2D eigenvalue weighted by Crippen LogP contribution is 2.12. The molecule has 0 spiro atoms. The summed E-state index contributed by atoms with van der Waals surface area (Å²) in [4.78, 5) is 24.8. The first-order valence-corrected chi connectivity index (χ1v) is 6.07. The number of likely N-dealkylation sites (N-methyl/N-ethyl adjacent to an activating group) is 1. The SMILES string of the molecule is CN(C)C(=O)Cc1ccc(NC(=O)c2ccno2)cc1. The van der Waals surface area contributed by atoms with Gasteiger partial charge in [0, 0.05) is 25.8 Å². The minimum atomic E-state index is -0.361. The maximum Gasteiger partial charge on any atom is 0.294 e. The van der Waals surface area contributed by atoms with Gasteiger partial charge in [-0.15, -0.1) is 0 Å². The standard InChI is InChI=1S/C14H15N3O3/c1-17(2)13(18)9-10-3-5-11(6-4-10)16-14(19)12-7-8-15-20-12/h3-8H,9H2,1-2H3,(H,16,19). The van der Waals surface area contributed by atoms with E-state index in [2.05, 4.69) is 10.5 Å². The molecule has 1 aromatic heterocycles. The van der Waals surface area contributed by atoms with Crippen molar-refractivity contribution < 1.29 is 14.1 Å². The largest absolute Gasteiger partial charge is 0.351 e. The van der Waals surface area contributed by atoms with Gasteiger partial charge in [-0.25, -0.2) is 0 Å². The molecule has 6 heteroatoms. The van der Waals surface area contributed by atoms with Crippen LogP contribution < -0.4 is 5.32 Å². The third-order valence-corrected chi connectivity index (χ3v) is 2.73. The number of nitrogens with one attached hydrogen (secondary N) is 1. The predicted molar refractivity (Wildman–Crippen MR) is 73.3 cm³/mol. The molecule has 0 saturated carbocycles. The quantitative estimate of drug-likeness (QED) is 0.917. The fraction of sp³-hybridized carbons (Fsp3) is 0.214. The molecule has 0 unspecified atom stereocenters. The summed E-state index contributed by atoms with van der Waals surface area (Å²) in [6, 6.07) is 8.58. The van der Waals surface area contributed by atoms with Crippen molar-refractivity contribution >= 4 is 17.5 Å². The molecule has 0 fully saturated rings. The Hall–Kier alpha value is -2.63. The zero-order valence-electron chi connectivity index (χ0n) is 11.3. The Balaban J connectivity index is 1.98. The lowest BCUT2D eigenvalue weighted by atomic mass is 10.1. The first-order chi connectivity index (χ1) is 9.56. The van der Waals surface area contributed by atoms with Crippen molar-refractivity contribution in [3.63, 3.8) is 0 Å². The lowest BCUT2D eigenvalue weighted by molar-refractivity contribution is -0.127. The van der Waals surface area contributed by atoms with Crippen LogP contribution in [0, 0.1) is 0 Å². The van der Waals surface area contributed by atoms with Crippen LogP contribution in [0.2, 0.25) is 0 Å². The molecule has 0 aliphatic carbocycles. The number of carbonyl (C=O) groups excluding carboxylic acids is 2. The van der Waals surface area contributed by atoms with Gasteiger partial charge in [0.2, 0.25) is 11.7 Å². The third-order valence-electron chi connectivity index (χ3n) is 2.73. The van der Waals surface area contributed by atoms with E-state index in [1.165, 1.54) is 12.3 Å². The van der Waals surface area contributed by atoms with E-state index < -0.39 is 0 Å². The molecular weight excluding hydrogens is 258 g/mol. The Morgan fingerprint density at radius 3 is 2.45 bits per heavy atom. The van der Waals surface area contributed by atoms with E-state index in [9.17, 15) is 9.59 Å². The van der Waals surface area contributed by atoms with E-state index in [1.807, 2.05) is 0 Å². The molecule has 2 aromatic rings. The van der Waals surface area contributed by atoms with Crippen LogP contribution in [0.4, 0.5) is 5.69 Å². The van der Waals surface area contributed by atoms with Gasteiger partial charge in [0.25, 0.3) is 5.91 Å². The molecule has 1 N–H and O–H groups in total. The number of hydrogen-bond acceptors (Lipinski definition) is 4. The minimum absolute atomic E-state index is 0.0310. The number of nitrogens with zero attached hydrogens (tertiary/aromatic N) is 2. The van der Waals surface area contributed by atoms with Gasteiger partial charge in [-0.05, 0) is 17.7 Å². The molecule has 6 nitrogen and oxygen atoms in total. The normalized spacial score (nSPS) is 10.1. The van der Waals surface area contributed by atoms with Crippen LogP contribution in [0.1, 0.15) is 16.1 Å². The average Bonchev–Trinajstić information content (AvgIpc) is 2.95. The molecule has 0 bridgehead atoms. The lowest BCUT2D eigenvalue weighted by Gasteiger charge is -2.10. The van der Waals surface area contributed by atoms with Crippen molar-refractivity contribution in [2.24, 2.45) is 0 Å². The first-order valence-electron chi connectivity index (χ1n) is 6.07. The second-order valence-corrected chi connectivity index (χ2v) is 4.49. The minimum Gasteiger partial charge on any atom is -0.351 e. The van der Waals surface area contributed by atoms with Gasteiger partial charge >= 0.3 is 0 Å². The van der Waals surface area contributed by atoms with Crippen LogP contribution in [-0.2, 0) is 11.2 Å². The fourth-order valence-electron chi connectivity index (χ4n) is 1.56. The number of benzene rings is 1. The van der Waals surface area contributed by atoms with Gasteiger partial charge in [-0.1, -0.05) is 17.3 Å². The third kappa shape index (κ3) is 3.44. The number of amides is 2. The van der Waals surface area contributed by atoms with Crippen LogP contribution in [0.3, 0.4) is 0 Å². The molecule has 1 aromatic carbocycles. The van der Waals surface area contributed by atoms with Crippen LogP contribution in [0.5, 0.6) is 0 Å². The van der Waals surface area contributed by atoms with Crippen molar-refractivity contribution in [3.05, 3.63) is 47.9 Å². The van der Waals surface area contributed by atoms with Crippen molar-refractivity contribution in [2.75, 3.05) is 19.4 Å². The monoisotopic (exact) mass is 273 g/mol. The Morgan fingerprint density at radius 2 is 1.90 bits per heavy atom. The highest BCUT2D eigenvalue weighted by molar-refractivity contribution is 6.02. The maximum absolute atomic E-state index is 11.7. The van der Waals surface area contributed by atoms with Crippen LogP contribution in [0.15, 0.2) is 41.1 Å². The summed E-state index contributed by atoms with van der Waals surface area (Å²) in [5, 5.41) is 6.15. The molecule has 104 valence electrons. The summed E-state index contributed by atoms with van der Waals surface area (Å²) in [5.74, 6) is -0.181. The second-order valence-electron chi connectivity index (χ2n) is 4.49. The molecule has 20 heavy (non-hydrogen) atoms. The Kier molecular flexibility index (Phi) is 4.14. The molecule has 2 rings (SSSR count). The van der Waals surface area contributed by atoms with Gasteiger partial charge in [0.1, 0.15) is 0 Å². The summed E-state index contributed by atoms with van der Waals surface area (Å²) in [7, 11) is 3.43. The number of aromatic nitrogens is 1. The smallest absolute Gasteiger partial charge is 0.294 e. The van der Waals surface area contributed by atoms with E-state index in [0.29, 0.717) is 12.1 Å². The Labute approximate surface area is 116 Å². The first kappa shape index (κ1) is 13.8. The number of carbonyl (C=O) groups is 2. The zero-order chi connectivity index (χ0) is 14.5. The summed E-state index contributed by atoms with van der Waals surface area (Å²) in [5.41, 5.74) is 1.52. The van der Waals surface area contributed by atoms with E-state index >= 15 is 0 Å². The Morgan fingerprint density at radius 1 is 1.20 bits per heavy atom. The van der Waals surface area contributed by atoms with E-state index in [0.717, 1.165) is 5.56 Å². The number of anilines is 1. The molecule has 0 saturated heterocycles. The van der Waals surface area contributed by atoms with Crippen molar-refractivity contribution in [2.45, 2.75) is 6.42 Å². The van der Waals surface area contributed by atoms with Crippen molar-refractivity contribution in [1.82, 2.24) is 10.1 Å². The molecular formula is C14H15N3O3. The lowest BCUT2D eigenvalue weighted by Crippen LogP contribution is -2.23. The maximum atomic E-state index is 11.7. The van der Waals surface area contributed by atoms with Gasteiger partial charge in [0.15, 0.2) is 0 Å². The zero-order valence-corrected chi connectivity index (χ0v) is 11.3. The van der Waals surface area contributed by atoms with Gasteiger partial charge in [-0.3, -0.25) is 9.59 Å². The molecule has 0 atom stereocenters. The summed E-state index contributed by atoms with van der Waals surface area (Å²) in [6.45, 7) is 0. The van der Waals surface area contributed by atoms with Crippen LogP contribution in [-0.4, -0.2) is 36.0 Å².